The molecule has 0 aliphatic carbocycles. The number of carbonyl (C=O) groups is 1. The van der Waals surface area contributed by atoms with Crippen molar-refractivity contribution in [2.45, 2.75) is 66.1 Å². The van der Waals surface area contributed by atoms with Gasteiger partial charge in [0.2, 0.25) is 5.91 Å². The second-order valence-corrected chi connectivity index (χ2v) is 8.33. The molecule has 0 bridgehead atoms. The highest BCUT2D eigenvalue weighted by Crippen LogP contribution is 2.34. The second-order valence-electron chi connectivity index (χ2n) is 8.33. The maximum Gasteiger partial charge on any atom is 0.236 e. The molecular formula is C18H34N2O2. The quantitative estimate of drug-likeness (QED) is 0.786. The number of amides is 1. The van der Waals surface area contributed by atoms with Crippen molar-refractivity contribution in [3.05, 3.63) is 0 Å². The minimum atomic E-state index is 0.155. The first-order valence-electron chi connectivity index (χ1n) is 8.91. The van der Waals surface area contributed by atoms with Gasteiger partial charge in [0.05, 0.1) is 18.8 Å². The van der Waals surface area contributed by atoms with Gasteiger partial charge in [-0.25, -0.2) is 0 Å². The van der Waals surface area contributed by atoms with Crippen molar-refractivity contribution in [3.8, 4) is 0 Å². The lowest BCUT2D eigenvalue weighted by molar-refractivity contribution is -0.144. The molecule has 0 aromatic rings. The average molecular weight is 310 g/mol. The molecule has 3 atom stereocenters. The third-order valence-electron chi connectivity index (χ3n) is 5.18. The van der Waals surface area contributed by atoms with Crippen molar-refractivity contribution in [1.82, 2.24) is 9.80 Å². The average Bonchev–Trinajstić information content (AvgIpc) is 2.62. The second kappa shape index (κ2) is 7.31. The summed E-state index contributed by atoms with van der Waals surface area (Å²) in [6.07, 6.45) is 4.03. The third-order valence-corrected chi connectivity index (χ3v) is 5.18. The molecule has 0 aromatic heterocycles. The van der Waals surface area contributed by atoms with Gasteiger partial charge in [-0.1, -0.05) is 20.8 Å². The van der Waals surface area contributed by atoms with Gasteiger partial charge in [0, 0.05) is 13.1 Å². The zero-order chi connectivity index (χ0) is 16.3. The summed E-state index contributed by atoms with van der Waals surface area (Å²) in [6, 6.07) is 0. The smallest absolute Gasteiger partial charge is 0.236 e. The predicted molar refractivity (Wildman–Crippen MR) is 89.8 cm³/mol. The molecule has 0 saturated carbocycles. The van der Waals surface area contributed by atoms with Crippen LogP contribution in [-0.2, 0) is 9.53 Å². The van der Waals surface area contributed by atoms with Gasteiger partial charge in [-0.2, -0.15) is 0 Å². The lowest BCUT2D eigenvalue weighted by Gasteiger charge is -2.36. The van der Waals surface area contributed by atoms with Crippen molar-refractivity contribution in [1.29, 1.82) is 0 Å². The van der Waals surface area contributed by atoms with E-state index in [0.29, 0.717) is 12.0 Å². The van der Waals surface area contributed by atoms with Crippen LogP contribution in [0.2, 0.25) is 0 Å². The summed E-state index contributed by atoms with van der Waals surface area (Å²) in [7, 11) is 0. The minimum Gasteiger partial charge on any atom is -0.372 e. The van der Waals surface area contributed by atoms with E-state index < -0.39 is 0 Å². The Bertz CT molecular complexity index is 368. The van der Waals surface area contributed by atoms with Gasteiger partial charge < -0.3 is 9.64 Å². The van der Waals surface area contributed by atoms with Crippen LogP contribution in [0.15, 0.2) is 0 Å². The van der Waals surface area contributed by atoms with Gasteiger partial charge in [-0.15, -0.1) is 0 Å². The molecule has 2 heterocycles. The van der Waals surface area contributed by atoms with Gasteiger partial charge in [0.1, 0.15) is 0 Å². The van der Waals surface area contributed by atoms with E-state index in [4.69, 9.17) is 4.74 Å². The first-order valence-corrected chi connectivity index (χ1v) is 8.91. The van der Waals surface area contributed by atoms with Crippen molar-refractivity contribution >= 4 is 5.91 Å². The molecule has 3 unspecified atom stereocenters. The summed E-state index contributed by atoms with van der Waals surface area (Å²) < 4.78 is 5.72. The fourth-order valence-electron chi connectivity index (χ4n) is 3.85. The summed E-state index contributed by atoms with van der Waals surface area (Å²) in [5.41, 5.74) is 0.384. The standard InChI is InChI=1S/C18H34N2O2/c1-14-11-20(12-15(2)22-14)17(21)13-19-9-6-7-16(8-10-19)18(3,4)5/h14-16H,6-13H2,1-5H3. The van der Waals surface area contributed by atoms with Crippen LogP contribution in [0.1, 0.15) is 53.9 Å². The van der Waals surface area contributed by atoms with Gasteiger partial charge in [0.25, 0.3) is 0 Å². The molecule has 0 aromatic carbocycles. The van der Waals surface area contributed by atoms with Crippen molar-refractivity contribution in [2.24, 2.45) is 11.3 Å². The molecule has 0 spiro atoms. The Morgan fingerprint density at radius 3 is 2.32 bits per heavy atom. The molecule has 4 heteroatoms. The molecule has 2 aliphatic heterocycles. The Morgan fingerprint density at radius 1 is 1.09 bits per heavy atom. The molecule has 2 saturated heterocycles. The minimum absolute atomic E-state index is 0.155. The summed E-state index contributed by atoms with van der Waals surface area (Å²) in [5, 5.41) is 0. The van der Waals surface area contributed by atoms with E-state index in [0.717, 1.165) is 32.1 Å². The number of carbonyl (C=O) groups excluding carboxylic acids is 1. The monoisotopic (exact) mass is 310 g/mol. The Morgan fingerprint density at radius 2 is 1.73 bits per heavy atom. The highest BCUT2D eigenvalue weighted by Gasteiger charge is 2.30. The predicted octanol–water partition coefficient (Wildman–Crippen LogP) is 2.77. The van der Waals surface area contributed by atoms with Gasteiger partial charge in [-0.3, -0.25) is 9.69 Å². The van der Waals surface area contributed by atoms with E-state index in [2.05, 4.69) is 39.5 Å². The van der Waals surface area contributed by atoms with Crippen LogP contribution >= 0.6 is 0 Å². The van der Waals surface area contributed by atoms with E-state index in [-0.39, 0.29) is 18.1 Å². The molecule has 0 N–H and O–H groups in total. The molecule has 2 fully saturated rings. The number of morpholine rings is 1. The van der Waals surface area contributed by atoms with Crippen molar-refractivity contribution < 1.29 is 9.53 Å². The van der Waals surface area contributed by atoms with Crippen LogP contribution in [0.4, 0.5) is 0 Å². The summed E-state index contributed by atoms with van der Waals surface area (Å²) in [5.74, 6) is 1.05. The highest BCUT2D eigenvalue weighted by atomic mass is 16.5. The van der Waals surface area contributed by atoms with Gasteiger partial charge >= 0.3 is 0 Å². The summed E-state index contributed by atoms with van der Waals surface area (Å²) in [4.78, 5) is 16.9. The maximum absolute atomic E-state index is 12.6. The molecule has 1 amide bonds. The van der Waals surface area contributed by atoms with Crippen LogP contribution in [0, 0.1) is 11.3 Å². The number of nitrogens with zero attached hydrogens (tertiary/aromatic N) is 2. The summed E-state index contributed by atoms with van der Waals surface area (Å²) in [6.45, 7) is 15.3. The highest BCUT2D eigenvalue weighted by molar-refractivity contribution is 5.78. The summed E-state index contributed by atoms with van der Waals surface area (Å²) >= 11 is 0. The number of hydrogen-bond donors (Lipinski definition) is 0. The maximum atomic E-state index is 12.6. The van der Waals surface area contributed by atoms with E-state index in [1.165, 1.54) is 19.3 Å². The first kappa shape index (κ1) is 17.7. The third kappa shape index (κ3) is 4.95. The molecular weight excluding hydrogens is 276 g/mol. The van der Waals surface area contributed by atoms with Crippen molar-refractivity contribution in [2.75, 3.05) is 32.7 Å². The Kier molecular flexibility index (Phi) is 5.89. The van der Waals surface area contributed by atoms with E-state index >= 15 is 0 Å². The van der Waals surface area contributed by atoms with Gasteiger partial charge in [0.15, 0.2) is 0 Å². The normalized spacial score (nSPS) is 31.9. The lowest BCUT2D eigenvalue weighted by atomic mass is 9.77. The Labute approximate surface area is 136 Å². The Hall–Kier alpha value is -0.610. The van der Waals surface area contributed by atoms with Crippen LogP contribution in [0.3, 0.4) is 0 Å². The fourth-order valence-corrected chi connectivity index (χ4v) is 3.85. The molecule has 0 radical (unpaired) electrons. The van der Waals surface area contributed by atoms with E-state index in [1.54, 1.807) is 0 Å². The Balaban J connectivity index is 1.84. The topological polar surface area (TPSA) is 32.8 Å². The number of hydrogen-bond acceptors (Lipinski definition) is 3. The number of likely N-dealkylation sites (tertiary alicyclic amines) is 1. The molecule has 22 heavy (non-hydrogen) atoms. The van der Waals surface area contributed by atoms with Crippen molar-refractivity contribution in [3.63, 3.8) is 0 Å². The number of rotatable bonds is 2. The first-order chi connectivity index (χ1) is 10.3. The van der Waals surface area contributed by atoms with E-state index in [1.807, 2.05) is 4.90 Å². The molecule has 4 nitrogen and oxygen atoms in total. The fraction of sp³-hybridized carbons (Fsp3) is 0.944. The zero-order valence-electron chi connectivity index (χ0n) is 15.1. The van der Waals surface area contributed by atoms with Crippen LogP contribution in [0.25, 0.3) is 0 Å². The van der Waals surface area contributed by atoms with Crippen LogP contribution in [0.5, 0.6) is 0 Å². The molecule has 128 valence electrons. The largest absolute Gasteiger partial charge is 0.372 e. The molecule has 2 aliphatic rings. The zero-order valence-corrected chi connectivity index (χ0v) is 15.1. The number of ether oxygens (including phenoxy) is 1. The van der Waals surface area contributed by atoms with Crippen LogP contribution < -0.4 is 0 Å². The lowest BCUT2D eigenvalue weighted by Crippen LogP contribution is -2.51. The SMILES string of the molecule is CC1CN(C(=O)CN2CCCC(C(C)(C)C)CC2)CC(C)O1. The molecule has 2 rings (SSSR count). The van der Waals surface area contributed by atoms with Crippen LogP contribution in [-0.4, -0.2) is 60.6 Å². The van der Waals surface area contributed by atoms with Gasteiger partial charge in [-0.05, 0) is 57.5 Å². The van der Waals surface area contributed by atoms with E-state index in [9.17, 15) is 4.79 Å².